The number of halogens is 1. The summed E-state index contributed by atoms with van der Waals surface area (Å²) >= 11 is 0. The van der Waals surface area contributed by atoms with Gasteiger partial charge in [0.2, 0.25) is 0 Å². The number of piperidine rings is 1. The summed E-state index contributed by atoms with van der Waals surface area (Å²) in [5.41, 5.74) is 1.41. The van der Waals surface area contributed by atoms with E-state index in [4.69, 9.17) is 4.74 Å². The van der Waals surface area contributed by atoms with Crippen molar-refractivity contribution in [3.05, 3.63) is 34.4 Å². The van der Waals surface area contributed by atoms with Crippen LogP contribution >= 0.6 is 0 Å². The summed E-state index contributed by atoms with van der Waals surface area (Å²) in [5, 5.41) is 3.80. The van der Waals surface area contributed by atoms with Crippen molar-refractivity contribution >= 4 is 16.6 Å². The van der Waals surface area contributed by atoms with E-state index in [1.54, 1.807) is 6.20 Å². The van der Waals surface area contributed by atoms with Crippen LogP contribution in [0, 0.1) is 11.2 Å². The minimum Gasteiger partial charge on any atom is -0.487 e. The lowest BCUT2D eigenvalue weighted by molar-refractivity contribution is 0.147. The first-order valence-corrected chi connectivity index (χ1v) is 9.04. The molecule has 0 radical (unpaired) electrons. The molecule has 132 valence electrons. The first-order valence-electron chi connectivity index (χ1n) is 9.04. The van der Waals surface area contributed by atoms with Crippen LogP contribution in [0.25, 0.3) is 10.9 Å². The molecule has 1 unspecified atom stereocenters. The highest BCUT2D eigenvalue weighted by Crippen LogP contribution is 2.48. The van der Waals surface area contributed by atoms with Gasteiger partial charge in [-0.25, -0.2) is 4.39 Å². The Balaban J connectivity index is 1.63. The highest BCUT2D eigenvalue weighted by molar-refractivity contribution is 5.92. The van der Waals surface area contributed by atoms with Gasteiger partial charge in [0.15, 0.2) is 17.0 Å². The Morgan fingerprint density at radius 3 is 2.84 bits per heavy atom. The first-order chi connectivity index (χ1) is 12.1. The zero-order valence-electron chi connectivity index (χ0n) is 14.3. The number of pyridine rings is 1. The summed E-state index contributed by atoms with van der Waals surface area (Å²) in [7, 11) is 0. The van der Waals surface area contributed by atoms with Crippen molar-refractivity contribution in [3.8, 4) is 5.75 Å². The smallest absolute Gasteiger partial charge is 0.189 e. The molecular weight excluding hydrogens is 321 g/mol. The summed E-state index contributed by atoms with van der Waals surface area (Å²) in [5.74, 6) is 0.185. The van der Waals surface area contributed by atoms with E-state index < -0.39 is 0 Å². The van der Waals surface area contributed by atoms with Crippen molar-refractivity contribution in [3.63, 3.8) is 0 Å². The molecule has 0 aliphatic carbocycles. The van der Waals surface area contributed by atoms with Crippen LogP contribution in [0.4, 0.5) is 10.1 Å². The number of benzene rings is 1. The number of nitrogens with one attached hydrogen (secondary N) is 1. The molecule has 4 heterocycles. The molecule has 0 saturated carbocycles. The highest BCUT2D eigenvalue weighted by Gasteiger charge is 2.45. The molecule has 3 aliphatic rings. The molecule has 6 heteroatoms. The maximum Gasteiger partial charge on any atom is 0.189 e. The Kier molecular flexibility index (Phi) is 3.17. The Morgan fingerprint density at radius 2 is 2.08 bits per heavy atom. The van der Waals surface area contributed by atoms with Crippen LogP contribution in [0.15, 0.2) is 23.1 Å². The summed E-state index contributed by atoms with van der Waals surface area (Å²) in [4.78, 5) is 14.3. The normalized spacial score (nSPS) is 24.2. The second-order valence-electron chi connectivity index (χ2n) is 7.79. The third-order valence-corrected chi connectivity index (χ3v) is 6.07. The lowest BCUT2D eigenvalue weighted by atomic mass is 9.72. The summed E-state index contributed by atoms with van der Waals surface area (Å²) in [6.07, 6.45) is 4.07. The van der Waals surface area contributed by atoms with Gasteiger partial charge in [0.05, 0.1) is 16.9 Å². The van der Waals surface area contributed by atoms with Crippen LogP contribution in [-0.4, -0.2) is 37.4 Å². The molecule has 1 atom stereocenters. The molecule has 3 aliphatic heterocycles. The number of hydrogen-bond donors (Lipinski definition) is 1. The SMILES string of the molecule is CC1COc2c(N3CC4(CCNCC4)C3)c(F)cc3c(=O)ccn1c23. The van der Waals surface area contributed by atoms with Gasteiger partial charge in [0.1, 0.15) is 12.3 Å². The van der Waals surface area contributed by atoms with Gasteiger partial charge in [-0.3, -0.25) is 4.79 Å². The van der Waals surface area contributed by atoms with Gasteiger partial charge in [-0.05, 0) is 38.9 Å². The number of anilines is 1. The average molecular weight is 343 g/mol. The molecule has 5 rings (SSSR count). The molecule has 2 saturated heterocycles. The van der Waals surface area contributed by atoms with Gasteiger partial charge in [0, 0.05) is 30.8 Å². The maximum absolute atomic E-state index is 14.9. The van der Waals surface area contributed by atoms with Crippen LogP contribution in [0.1, 0.15) is 25.8 Å². The average Bonchev–Trinajstić information content (AvgIpc) is 2.58. The van der Waals surface area contributed by atoms with Crippen LogP contribution in [-0.2, 0) is 0 Å². The van der Waals surface area contributed by atoms with Crippen LogP contribution in [0.3, 0.4) is 0 Å². The van der Waals surface area contributed by atoms with Gasteiger partial charge in [-0.15, -0.1) is 0 Å². The van der Waals surface area contributed by atoms with Gasteiger partial charge >= 0.3 is 0 Å². The third kappa shape index (κ3) is 2.13. The highest BCUT2D eigenvalue weighted by atomic mass is 19.1. The number of rotatable bonds is 1. The molecular formula is C19H22FN3O2. The molecule has 1 N–H and O–H groups in total. The molecule has 5 nitrogen and oxygen atoms in total. The van der Waals surface area contributed by atoms with Crippen LogP contribution < -0.4 is 20.4 Å². The van der Waals surface area contributed by atoms with E-state index in [0.29, 0.717) is 28.8 Å². The molecule has 0 amide bonds. The number of nitrogens with zero attached hydrogens (tertiary/aromatic N) is 2. The second-order valence-corrected chi connectivity index (χ2v) is 7.79. The molecule has 1 spiro atoms. The lowest BCUT2D eigenvalue weighted by Crippen LogP contribution is -2.60. The minimum absolute atomic E-state index is 0.126. The quantitative estimate of drug-likeness (QED) is 0.863. The Labute approximate surface area is 145 Å². The number of hydrogen-bond acceptors (Lipinski definition) is 4. The molecule has 0 bridgehead atoms. The zero-order valence-corrected chi connectivity index (χ0v) is 14.3. The van der Waals surface area contributed by atoms with Crippen molar-refractivity contribution in [2.45, 2.75) is 25.8 Å². The van der Waals surface area contributed by atoms with Crippen molar-refractivity contribution in [2.75, 3.05) is 37.7 Å². The predicted molar refractivity (Wildman–Crippen MR) is 95.1 cm³/mol. The molecule has 1 aromatic carbocycles. The summed E-state index contributed by atoms with van der Waals surface area (Å²) < 4.78 is 22.9. The monoisotopic (exact) mass is 343 g/mol. The Hall–Kier alpha value is -2.08. The fourth-order valence-electron chi connectivity index (χ4n) is 4.64. The zero-order chi connectivity index (χ0) is 17.2. The van der Waals surface area contributed by atoms with E-state index in [-0.39, 0.29) is 17.3 Å². The van der Waals surface area contributed by atoms with E-state index in [9.17, 15) is 9.18 Å². The lowest BCUT2D eigenvalue weighted by Gasteiger charge is -2.54. The van der Waals surface area contributed by atoms with Gasteiger partial charge in [-0.2, -0.15) is 0 Å². The van der Waals surface area contributed by atoms with Crippen molar-refractivity contribution < 1.29 is 9.13 Å². The molecule has 2 aromatic rings. The molecule has 25 heavy (non-hydrogen) atoms. The van der Waals surface area contributed by atoms with Crippen LogP contribution in [0.2, 0.25) is 0 Å². The van der Waals surface area contributed by atoms with Gasteiger partial charge in [0.25, 0.3) is 0 Å². The number of aromatic nitrogens is 1. The van der Waals surface area contributed by atoms with E-state index in [1.165, 1.54) is 12.1 Å². The largest absolute Gasteiger partial charge is 0.487 e. The molecule has 1 aromatic heterocycles. The van der Waals surface area contributed by atoms with E-state index >= 15 is 0 Å². The predicted octanol–water partition coefficient (Wildman–Crippen LogP) is 2.28. The Morgan fingerprint density at radius 1 is 1.32 bits per heavy atom. The fraction of sp³-hybridized carbons (Fsp3) is 0.526. The third-order valence-electron chi connectivity index (χ3n) is 6.07. The van der Waals surface area contributed by atoms with Gasteiger partial charge < -0.3 is 19.5 Å². The van der Waals surface area contributed by atoms with Crippen molar-refractivity contribution in [1.29, 1.82) is 0 Å². The Bertz CT molecular complexity index is 909. The van der Waals surface area contributed by atoms with E-state index in [1.807, 2.05) is 11.5 Å². The topological polar surface area (TPSA) is 46.5 Å². The second kappa shape index (κ2) is 5.21. The van der Waals surface area contributed by atoms with Crippen molar-refractivity contribution in [2.24, 2.45) is 5.41 Å². The molecule has 2 fully saturated rings. The van der Waals surface area contributed by atoms with E-state index in [0.717, 1.165) is 44.5 Å². The summed E-state index contributed by atoms with van der Waals surface area (Å²) in [6, 6.07) is 3.03. The first kappa shape index (κ1) is 15.2. The standard InChI is InChI=1S/C19H22FN3O2/c1-12-9-25-18-16-13(15(24)2-7-23(12)16)8-14(20)17(18)22-10-19(11-22)3-5-21-6-4-19/h2,7-8,12,21H,3-6,9-11H2,1H3. The minimum atomic E-state index is -0.351. The maximum atomic E-state index is 14.9. The fourth-order valence-corrected chi connectivity index (χ4v) is 4.64. The van der Waals surface area contributed by atoms with Crippen LogP contribution in [0.5, 0.6) is 5.75 Å². The van der Waals surface area contributed by atoms with Gasteiger partial charge in [-0.1, -0.05) is 0 Å². The number of ether oxygens (including phenoxy) is 1. The van der Waals surface area contributed by atoms with E-state index in [2.05, 4.69) is 10.2 Å². The van der Waals surface area contributed by atoms with Crippen molar-refractivity contribution in [1.82, 2.24) is 9.88 Å². The summed E-state index contributed by atoms with van der Waals surface area (Å²) in [6.45, 7) is 6.33.